The number of para-hydroxylation sites is 1. The summed E-state index contributed by atoms with van der Waals surface area (Å²) in [5.41, 5.74) is -4.54. The summed E-state index contributed by atoms with van der Waals surface area (Å²) >= 11 is 0. The maximum absolute atomic E-state index is 12.8. The van der Waals surface area contributed by atoms with E-state index in [1.165, 1.54) is 0 Å². The smallest absolute Gasteiger partial charge is 0.405 e. The van der Waals surface area contributed by atoms with E-state index in [-0.39, 0.29) is 6.07 Å². The van der Waals surface area contributed by atoms with Crippen LogP contribution < -0.4 is 4.74 Å². The molecule has 0 heterocycles. The Morgan fingerprint density at radius 3 is 1.56 bits per heavy atom. The number of rotatable bonds is 2. The van der Waals surface area contributed by atoms with Crippen LogP contribution in [0.4, 0.5) is 39.5 Å². The Balaban J connectivity index is 2.67. The molecule has 25 heavy (non-hydrogen) atoms. The maximum atomic E-state index is 12.8. The summed E-state index contributed by atoms with van der Waals surface area (Å²) in [6.45, 7) is 0. The van der Waals surface area contributed by atoms with Crippen LogP contribution in [0.2, 0.25) is 0 Å². The molecule has 136 valence electrons. The zero-order valence-electron chi connectivity index (χ0n) is 11.9. The minimum Gasteiger partial charge on any atom is -0.405 e. The van der Waals surface area contributed by atoms with Gasteiger partial charge in [-0.05, 0) is 29.8 Å². The van der Waals surface area contributed by atoms with Gasteiger partial charge in [0.25, 0.3) is 0 Å². The molecule has 2 aromatic carbocycles. The molecule has 0 aliphatic rings. The molecule has 10 heteroatoms. The lowest BCUT2D eigenvalue weighted by molar-refractivity contribution is -0.274. The summed E-state index contributed by atoms with van der Waals surface area (Å²) in [5, 5.41) is 0. The fourth-order valence-electron chi connectivity index (χ4n) is 2.03. The van der Waals surface area contributed by atoms with Gasteiger partial charge in [-0.1, -0.05) is 18.2 Å². The van der Waals surface area contributed by atoms with Crippen molar-refractivity contribution < 1.29 is 44.3 Å². The van der Waals surface area contributed by atoms with Crippen LogP contribution in [-0.2, 0) is 12.4 Å². The first-order valence-corrected chi connectivity index (χ1v) is 6.42. The average Bonchev–Trinajstić information content (AvgIpc) is 2.44. The topological polar surface area (TPSA) is 9.23 Å². The van der Waals surface area contributed by atoms with Crippen molar-refractivity contribution in [2.45, 2.75) is 18.7 Å². The van der Waals surface area contributed by atoms with Gasteiger partial charge in [0.15, 0.2) is 0 Å². The lowest BCUT2D eigenvalue weighted by Gasteiger charge is -2.17. The molecule has 0 unspecified atom stereocenters. The Kier molecular flexibility index (Phi) is 4.67. The molecule has 0 aliphatic carbocycles. The Bertz CT molecular complexity index is 725. The van der Waals surface area contributed by atoms with Crippen molar-refractivity contribution in [1.82, 2.24) is 0 Å². The Morgan fingerprint density at radius 1 is 0.640 bits per heavy atom. The van der Waals surface area contributed by atoms with Gasteiger partial charge >= 0.3 is 18.7 Å². The number of halogens is 9. The summed E-state index contributed by atoms with van der Waals surface area (Å²) in [4.78, 5) is 0. The van der Waals surface area contributed by atoms with E-state index in [0.717, 1.165) is 24.3 Å². The van der Waals surface area contributed by atoms with Gasteiger partial charge in [-0.15, -0.1) is 13.2 Å². The molecule has 0 atom stereocenters. The zero-order valence-corrected chi connectivity index (χ0v) is 11.9. The number of hydrogen-bond donors (Lipinski definition) is 0. The molecule has 0 bridgehead atoms. The third kappa shape index (κ3) is 4.80. The van der Waals surface area contributed by atoms with Crippen molar-refractivity contribution in [2.75, 3.05) is 0 Å². The normalized spacial score (nSPS) is 13.0. The molecule has 0 saturated heterocycles. The van der Waals surface area contributed by atoms with E-state index in [0.29, 0.717) is 12.1 Å². The fraction of sp³-hybridized carbons (Fsp3) is 0.200. The zero-order chi connectivity index (χ0) is 19.0. The van der Waals surface area contributed by atoms with Crippen LogP contribution >= 0.6 is 0 Å². The van der Waals surface area contributed by atoms with Gasteiger partial charge < -0.3 is 4.74 Å². The minimum absolute atomic E-state index is 0.114. The Hall–Kier alpha value is -2.39. The van der Waals surface area contributed by atoms with Crippen molar-refractivity contribution in [1.29, 1.82) is 0 Å². The van der Waals surface area contributed by atoms with E-state index in [1.807, 2.05) is 0 Å². The second-order valence-corrected chi connectivity index (χ2v) is 4.84. The second kappa shape index (κ2) is 6.16. The molecular weight excluding hydrogens is 367 g/mol. The summed E-state index contributed by atoms with van der Waals surface area (Å²) in [6.07, 6.45) is -15.4. The predicted octanol–water partition coefficient (Wildman–Crippen LogP) is 6.29. The SMILES string of the molecule is FC(F)(F)Oc1ccccc1-c1cc(C(F)(F)F)cc(C(F)(F)F)c1. The number of ether oxygens (including phenoxy) is 1. The highest BCUT2D eigenvalue weighted by molar-refractivity contribution is 5.72. The van der Waals surface area contributed by atoms with Crippen LogP contribution in [0.5, 0.6) is 5.75 Å². The van der Waals surface area contributed by atoms with Crippen molar-refractivity contribution in [2.24, 2.45) is 0 Å². The molecule has 0 N–H and O–H groups in total. The molecule has 0 spiro atoms. The first kappa shape index (κ1) is 18.9. The van der Waals surface area contributed by atoms with Gasteiger partial charge in [0, 0.05) is 5.56 Å². The monoisotopic (exact) mass is 374 g/mol. The fourth-order valence-corrected chi connectivity index (χ4v) is 2.03. The van der Waals surface area contributed by atoms with E-state index in [9.17, 15) is 39.5 Å². The van der Waals surface area contributed by atoms with E-state index in [1.54, 1.807) is 0 Å². The summed E-state index contributed by atoms with van der Waals surface area (Å²) in [7, 11) is 0. The number of benzene rings is 2. The molecule has 0 aliphatic heterocycles. The van der Waals surface area contributed by atoms with Gasteiger partial charge in [-0.2, -0.15) is 26.3 Å². The van der Waals surface area contributed by atoms with Gasteiger partial charge in [0.1, 0.15) is 5.75 Å². The van der Waals surface area contributed by atoms with Crippen molar-refractivity contribution in [3.63, 3.8) is 0 Å². The van der Waals surface area contributed by atoms with Crippen LogP contribution in [0, 0.1) is 0 Å². The lowest BCUT2D eigenvalue weighted by atomic mass is 9.98. The van der Waals surface area contributed by atoms with Crippen LogP contribution in [0.3, 0.4) is 0 Å². The first-order chi connectivity index (χ1) is 11.3. The van der Waals surface area contributed by atoms with Crippen molar-refractivity contribution in [3.8, 4) is 16.9 Å². The molecule has 0 saturated carbocycles. The molecule has 0 fully saturated rings. The van der Waals surface area contributed by atoms with E-state index >= 15 is 0 Å². The third-order valence-electron chi connectivity index (χ3n) is 3.01. The predicted molar refractivity (Wildman–Crippen MR) is 68.6 cm³/mol. The summed E-state index contributed by atoms with van der Waals surface area (Å²) in [5.74, 6) is -0.914. The summed E-state index contributed by atoms with van der Waals surface area (Å²) in [6, 6.07) is 4.51. The molecule has 1 nitrogen and oxygen atoms in total. The molecule has 2 aromatic rings. The quantitative estimate of drug-likeness (QED) is 0.562. The van der Waals surface area contributed by atoms with E-state index < -0.39 is 46.7 Å². The maximum Gasteiger partial charge on any atom is 0.573 e. The Morgan fingerprint density at radius 2 is 1.12 bits per heavy atom. The van der Waals surface area contributed by atoms with Crippen molar-refractivity contribution in [3.05, 3.63) is 53.6 Å². The van der Waals surface area contributed by atoms with Crippen LogP contribution in [0.1, 0.15) is 11.1 Å². The van der Waals surface area contributed by atoms with E-state index in [4.69, 9.17) is 0 Å². The highest BCUT2D eigenvalue weighted by atomic mass is 19.4. The van der Waals surface area contributed by atoms with Crippen LogP contribution in [0.15, 0.2) is 42.5 Å². The standard InChI is InChI=1S/C15H7F9O/c16-13(17,18)9-5-8(6-10(7-9)14(19,20)21)11-3-1-2-4-12(11)25-15(22,23)24/h1-7H. The first-order valence-electron chi connectivity index (χ1n) is 6.42. The van der Waals surface area contributed by atoms with Crippen molar-refractivity contribution >= 4 is 0 Å². The minimum atomic E-state index is -5.16. The largest absolute Gasteiger partial charge is 0.573 e. The molecular formula is C15H7F9O. The number of hydrogen-bond acceptors (Lipinski definition) is 1. The van der Waals surface area contributed by atoms with Crippen LogP contribution in [-0.4, -0.2) is 6.36 Å². The van der Waals surface area contributed by atoms with Gasteiger partial charge in [-0.3, -0.25) is 0 Å². The lowest BCUT2D eigenvalue weighted by Crippen LogP contribution is -2.17. The second-order valence-electron chi connectivity index (χ2n) is 4.84. The molecule has 0 radical (unpaired) electrons. The summed E-state index contributed by atoms with van der Waals surface area (Å²) < 4.78 is 118. The Labute approximate surface area is 134 Å². The average molecular weight is 374 g/mol. The van der Waals surface area contributed by atoms with Gasteiger partial charge in [0.2, 0.25) is 0 Å². The molecule has 2 rings (SSSR count). The van der Waals surface area contributed by atoms with Gasteiger partial charge in [0.05, 0.1) is 11.1 Å². The van der Waals surface area contributed by atoms with Gasteiger partial charge in [-0.25, -0.2) is 0 Å². The van der Waals surface area contributed by atoms with E-state index in [2.05, 4.69) is 4.74 Å². The third-order valence-corrected chi connectivity index (χ3v) is 3.01. The highest BCUT2D eigenvalue weighted by Gasteiger charge is 2.38. The van der Waals surface area contributed by atoms with Crippen LogP contribution in [0.25, 0.3) is 11.1 Å². The number of alkyl halides is 9. The molecule has 0 aromatic heterocycles. The highest BCUT2D eigenvalue weighted by Crippen LogP contribution is 2.41. The molecule has 0 amide bonds.